The lowest BCUT2D eigenvalue weighted by Crippen LogP contribution is -2.34. The number of nitrogens with one attached hydrogen (secondary N) is 1. The van der Waals surface area contributed by atoms with Crippen LogP contribution in [0.2, 0.25) is 0 Å². The monoisotopic (exact) mass is 284 g/mol. The summed E-state index contributed by atoms with van der Waals surface area (Å²) in [6.07, 6.45) is 1.43. The number of aromatic nitrogens is 1. The van der Waals surface area contributed by atoms with Crippen molar-refractivity contribution in [1.29, 1.82) is 5.26 Å². The van der Waals surface area contributed by atoms with Gasteiger partial charge in [0.1, 0.15) is 4.90 Å². The van der Waals surface area contributed by atoms with E-state index in [4.69, 9.17) is 5.26 Å². The molecule has 19 heavy (non-hydrogen) atoms. The van der Waals surface area contributed by atoms with E-state index in [1.54, 1.807) is 6.92 Å². The Morgan fingerprint density at radius 3 is 2.68 bits per heavy atom. The van der Waals surface area contributed by atoms with Crippen molar-refractivity contribution in [1.82, 2.24) is 9.71 Å². The summed E-state index contributed by atoms with van der Waals surface area (Å²) in [6, 6.07) is 3.51. The maximum Gasteiger partial charge on any atom is 0.363 e. The highest BCUT2D eigenvalue weighted by Crippen LogP contribution is 2.13. The van der Waals surface area contributed by atoms with Gasteiger partial charge in [0.2, 0.25) is 10.0 Å². The number of nitro groups is 1. The van der Waals surface area contributed by atoms with E-state index in [-0.39, 0.29) is 11.3 Å². The van der Waals surface area contributed by atoms with Crippen LogP contribution in [0.5, 0.6) is 0 Å². The largest absolute Gasteiger partial charge is 0.363 e. The zero-order chi connectivity index (χ0) is 14.5. The van der Waals surface area contributed by atoms with Crippen molar-refractivity contribution in [2.24, 2.45) is 0 Å². The summed E-state index contributed by atoms with van der Waals surface area (Å²) in [5.41, 5.74) is 0. The first-order chi connectivity index (χ1) is 8.90. The van der Waals surface area contributed by atoms with Gasteiger partial charge in [-0.25, -0.2) is 13.1 Å². The van der Waals surface area contributed by atoms with Crippen molar-refractivity contribution < 1.29 is 13.3 Å². The maximum absolute atomic E-state index is 11.9. The Labute approximate surface area is 110 Å². The lowest BCUT2D eigenvalue weighted by Gasteiger charge is -2.12. The molecule has 0 amide bonds. The lowest BCUT2D eigenvalue weighted by molar-refractivity contribution is -0.389. The molecule has 1 aromatic heterocycles. The van der Waals surface area contributed by atoms with Gasteiger partial charge in [0.25, 0.3) is 0 Å². The summed E-state index contributed by atoms with van der Waals surface area (Å²) in [5.74, 6) is -0.428. The fourth-order valence-electron chi connectivity index (χ4n) is 1.31. The second-order valence-corrected chi connectivity index (χ2v) is 5.41. The zero-order valence-corrected chi connectivity index (χ0v) is 10.9. The molecule has 0 aliphatic heterocycles. The Kier molecular flexibility index (Phi) is 4.91. The summed E-state index contributed by atoms with van der Waals surface area (Å²) < 4.78 is 26.2. The van der Waals surface area contributed by atoms with E-state index in [0.29, 0.717) is 6.42 Å². The van der Waals surface area contributed by atoms with Gasteiger partial charge in [0.05, 0.1) is 12.5 Å². The Hall–Kier alpha value is -2.05. The van der Waals surface area contributed by atoms with Crippen LogP contribution in [0.3, 0.4) is 0 Å². The molecule has 0 aliphatic carbocycles. The van der Waals surface area contributed by atoms with Crippen LogP contribution in [-0.2, 0) is 10.0 Å². The zero-order valence-electron chi connectivity index (χ0n) is 10.1. The summed E-state index contributed by atoms with van der Waals surface area (Å²) in [5, 5.41) is 19.0. The highest BCUT2D eigenvalue weighted by Gasteiger charge is 2.21. The van der Waals surface area contributed by atoms with Gasteiger partial charge < -0.3 is 10.1 Å². The third kappa shape index (κ3) is 3.97. The highest BCUT2D eigenvalue weighted by atomic mass is 32.2. The number of hydrogen-bond acceptors (Lipinski definition) is 6. The average Bonchev–Trinajstić information content (AvgIpc) is 2.38. The highest BCUT2D eigenvalue weighted by molar-refractivity contribution is 7.89. The molecule has 0 radical (unpaired) electrons. The molecule has 0 bridgehead atoms. The van der Waals surface area contributed by atoms with Crippen LogP contribution < -0.4 is 4.72 Å². The van der Waals surface area contributed by atoms with E-state index in [2.05, 4.69) is 9.71 Å². The minimum absolute atomic E-state index is 0.0517. The third-order valence-corrected chi connectivity index (χ3v) is 3.88. The molecule has 8 nitrogen and oxygen atoms in total. The minimum Gasteiger partial charge on any atom is -0.358 e. The number of sulfonamides is 1. The van der Waals surface area contributed by atoms with Gasteiger partial charge in [-0.1, -0.05) is 6.92 Å². The molecule has 0 fully saturated rings. The predicted molar refractivity (Wildman–Crippen MR) is 65.5 cm³/mol. The molecule has 1 rings (SSSR count). The van der Waals surface area contributed by atoms with Crippen LogP contribution in [0.25, 0.3) is 0 Å². The Morgan fingerprint density at radius 2 is 2.26 bits per heavy atom. The number of rotatable bonds is 6. The van der Waals surface area contributed by atoms with Gasteiger partial charge in [-0.15, -0.1) is 0 Å². The van der Waals surface area contributed by atoms with Crippen molar-refractivity contribution in [3.63, 3.8) is 0 Å². The van der Waals surface area contributed by atoms with E-state index in [1.807, 2.05) is 6.07 Å². The van der Waals surface area contributed by atoms with Crippen molar-refractivity contribution >= 4 is 15.8 Å². The standard InChI is InChI=1S/C10H12N4O4S/c1-2-8(5-6-11)13-19(17,18)9-3-4-10(12-7-9)14(15)16/h3-4,7-8,13H,2,5H2,1H3. The molecule has 9 heteroatoms. The number of nitrogens with zero attached hydrogens (tertiary/aromatic N) is 3. The molecule has 0 saturated carbocycles. The van der Waals surface area contributed by atoms with E-state index in [9.17, 15) is 18.5 Å². The van der Waals surface area contributed by atoms with E-state index >= 15 is 0 Å². The van der Waals surface area contributed by atoms with Crippen LogP contribution in [0.1, 0.15) is 19.8 Å². The lowest BCUT2D eigenvalue weighted by atomic mass is 10.2. The molecule has 0 aliphatic rings. The van der Waals surface area contributed by atoms with E-state index in [1.165, 1.54) is 0 Å². The first-order valence-corrected chi connectivity index (χ1v) is 6.88. The molecule has 1 unspecified atom stereocenters. The summed E-state index contributed by atoms with van der Waals surface area (Å²) in [6.45, 7) is 1.75. The Bertz CT molecular complexity index is 591. The van der Waals surface area contributed by atoms with Crippen LogP contribution in [-0.4, -0.2) is 24.4 Å². The molecule has 0 spiro atoms. The maximum atomic E-state index is 11.9. The van der Waals surface area contributed by atoms with Crippen LogP contribution >= 0.6 is 0 Å². The number of hydrogen-bond donors (Lipinski definition) is 1. The molecule has 1 heterocycles. The van der Waals surface area contributed by atoms with Gasteiger partial charge in [0, 0.05) is 12.1 Å². The molecule has 102 valence electrons. The average molecular weight is 284 g/mol. The Balaban J connectivity index is 2.94. The van der Waals surface area contributed by atoms with Gasteiger partial charge in [-0.2, -0.15) is 5.26 Å². The molecule has 1 atom stereocenters. The number of pyridine rings is 1. The van der Waals surface area contributed by atoms with Gasteiger partial charge in [-0.3, -0.25) is 0 Å². The van der Waals surface area contributed by atoms with Crippen molar-refractivity contribution in [2.45, 2.75) is 30.7 Å². The normalized spacial score (nSPS) is 12.6. The van der Waals surface area contributed by atoms with Crippen molar-refractivity contribution in [3.05, 3.63) is 28.4 Å². The van der Waals surface area contributed by atoms with Gasteiger partial charge in [0.15, 0.2) is 6.20 Å². The van der Waals surface area contributed by atoms with E-state index in [0.717, 1.165) is 18.3 Å². The second-order valence-electron chi connectivity index (χ2n) is 3.70. The van der Waals surface area contributed by atoms with Crippen molar-refractivity contribution in [2.75, 3.05) is 0 Å². The fraction of sp³-hybridized carbons (Fsp3) is 0.400. The topological polar surface area (TPSA) is 126 Å². The second kappa shape index (κ2) is 6.21. The first-order valence-electron chi connectivity index (χ1n) is 5.40. The third-order valence-electron chi connectivity index (χ3n) is 2.37. The fourth-order valence-corrected chi connectivity index (χ4v) is 2.57. The van der Waals surface area contributed by atoms with Crippen LogP contribution in [0, 0.1) is 21.4 Å². The molecular formula is C10H12N4O4S. The molecule has 0 saturated heterocycles. The molecule has 0 aromatic carbocycles. The van der Waals surface area contributed by atoms with Crippen LogP contribution in [0.15, 0.2) is 23.2 Å². The van der Waals surface area contributed by atoms with Crippen molar-refractivity contribution in [3.8, 4) is 6.07 Å². The molecule has 1 N–H and O–H groups in total. The van der Waals surface area contributed by atoms with E-state index < -0.39 is 26.8 Å². The molecule has 1 aromatic rings. The molecular weight excluding hydrogens is 272 g/mol. The smallest absolute Gasteiger partial charge is 0.358 e. The Morgan fingerprint density at radius 1 is 1.58 bits per heavy atom. The van der Waals surface area contributed by atoms with Gasteiger partial charge >= 0.3 is 5.82 Å². The number of nitriles is 1. The quantitative estimate of drug-likeness (QED) is 0.612. The minimum atomic E-state index is -3.82. The summed E-state index contributed by atoms with van der Waals surface area (Å²) >= 11 is 0. The van der Waals surface area contributed by atoms with Gasteiger partial charge in [-0.05, 0) is 22.4 Å². The SMILES string of the molecule is CCC(CC#N)NS(=O)(=O)c1ccc([N+](=O)[O-])nc1. The summed E-state index contributed by atoms with van der Waals surface area (Å²) in [7, 11) is -3.82. The summed E-state index contributed by atoms with van der Waals surface area (Å²) in [4.78, 5) is 13.0. The first kappa shape index (κ1) is 15.0. The van der Waals surface area contributed by atoms with Crippen LogP contribution in [0.4, 0.5) is 5.82 Å². The predicted octanol–water partition coefficient (Wildman–Crippen LogP) is 0.960.